The molecular formula is C13H13BrN2O2S. The summed E-state index contributed by atoms with van der Waals surface area (Å²) in [4.78, 5) is 0.112. The van der Waals surface area contributed by atoms with Gasteiger partial charge >= 0.3 is 0 Å². The molecule has 0 amide bonds. The summed E-state index contributed by atoms with van der Waals surface area (Å²) in [5.74, 6) is 0. The highest BCUT2D eigenvalue weighted by molar-refractivity contribution is 9.10. The first kappa shape index (κ1) is 14.0. The summed E-state index contributed by atoms with van der Waals surface area (Å²) in [5, 5.41) is 8.25. The van der Waals surface area contributed by atoms with E-state index in [2.05, 4.69) is 21.2 Å². The van der Waals surface area contributed by atoms with Gasteiger partial charge in [0.2, 0.25) is 10.0 Å². The van der Waals surface area contributed by atoms with Gasteiger partial charge in [-0.2, -0.15) is 0 Å². The molecule has 19 heavy (non-hydrogen) atoms. The van der Waals surface area contributed by atoms with Crippen molar-refractivity contribution in [1.82, 2.24) is 0 Å². The average Bonchev–Trinajstić information content (AvgIpc) is 2.36. The molecule has 0 aliphatic heterocycles. The molecule has 0 radical (unpaired) electrons. The second-order valence-electron chi connectivity index (χ2n) is 4.05. The standard InChI is InChI=1S/C13H13BrN2O2S/c14-11-3-1-2-10(8-11)9-16-12-4-6-13(7-5-12)19(15,17)18/h1-8,16H,9H2,(H2,15,17,18). The van der Waals surface area contributed by atoms with Gasteiger partial charge in [-0.05, 0) is 42.0 Å². The van der Waals surface area contributed by atoms with Crippen molar-refractivity contribution in [2.75, 3.05) is 5.32 Å². The fourth-order valence-corrected chi connectivity index (χ4v) is 2.58. The monoisotopic (exact) mass is 340 g/mol. The molecule has 4 nitrogen and oxygen atoms in total. The van der Waals surface area contributed by atoms with Crippen molar-refractivity contribution in [2.24, 2.45) is 5.14 Å². The summed E-state index contributed by atoms with van der Waals surface area (Å²) < 4.78 is 23.3. The first-order chi connectivity index (χ1) is 8.95. The number of nitrogens with two attached hydrogens (primary N) is 1. The predicted molar refractivity (Wildman–Crippen MR) is 79.3 cm³/mol. The maximum atomic E-state index is 11.1. The van der Waals surface area contributed by atoms with E-state index in [0.29, 0.717) is 6.54 Å². The molecule has 2 rings (SSSR count). The number of benzene rings is 2. The van der Waals surface area contributed by atoms with Crippen molar-refractivity contribution in [3.05, 3.63) is 58.6 Å². The summed E-state index contributed by atoms with van der Waals surface area (Å²) in [7, 11) is -3.63. The van der Waals surface area contributed by atoms with Gasteiger partial charge < -0.3 is 5.32 Å². The Balaban J connectivity index is 2.05. The smallest absolute Gasteiger partial charge is 0.238 e. The van der Waals surface area contributed by atoms with Crippen molar-refractivity contribution in [2.45, 2.75) is 11.4 Å². The van der Waals surface area contributed by atoms with Gasteiger partial charge in [0.05, 0.1) is 4.90 Å². The van der Waals surface area contributed by atoms with E-state index in [4.69, 9.17) is 5.14 Å². The van der Waals surface area contributed by atoms with Crippen LogP contribution in [0.25, 0.3) is 0 Å². The molecule has 2 aromatic carbocycles. The Morgan fingerprint density at radius 1 is 1.11 bits per heavy atom. The highest BCUT2D eigenvalue weighted by Crippen LogP contribution is 2.15. The van der Waals surface area contributed by atoms with Gasteiger partial charge in [0.15, 0.2) is 0 Å². The lowest BCUT2D eigenvalue weighted by Crippen LogP contribution is -2.12. The third-order valence-corrected chi connectivity index (χ3v) is 3.99. The van der Waals surface area contributed by atoms with Crippen LogP contribution in [0.1, 0.15) is 5.56 Å². The zero-order valence-electron chi connectivity index (χ0n) is 10.0. The van der Waals surface area contributed by atoms with E-state index in [0.717, 1.165) is 15.7 Å². The molecule has 0 saturated heterocycles. The average molecular weight is 341 g/mol. The highest BCUT2D eigenvalue weighted by atomic mass is 79.9. The van der Waals surface area contributed by atoms with Gasteiger partial charge in [0, 0.05) is 16.7 Å². The van der Waals surface area contributed by atoms with E-state index in [1.807, 2.05) is 24.3 Å². The molecule has 0 heterocycles. The molecule has 0 bridgehead atoms. The van der Waals surface area contributed by atoms with E-state index in [9.17, 15) is 8.42 Å². The second kappa shape index (κ2) is 5.73. The van der Waals surface area contributed by atoms with Gasteiger partial charge in [-0.1, -0.05) is 28.1 Å². The molecule has 0 atom stereocenters. The first-order valence-electron chi connectivity index (χ1n) is 5.56. The largest absolute Gasteiger partial charge is 0.381 e. The number of rotatable bonds is 4. The van der Waals surface area contributed by atoms with Crippen LogP contribution in [0.2, 0.25) is 0 Å². The van der Waals surface area contributed by atoms with Crippen LogP contribution >= 0.6 is 15.9 Å². The summed E-state index contributed by atoms with van der Waals surface area (Å²) in [6.45, 7) is 0.661. The topological polar surface area (TPSA) is 72.2 Å². The molecule has 2 aromatic rings. The highest BCUT2D eigenvalue weighted by Gasteiger charge is 2.06. The Bertz CT molecular complexity index is 669. The number of primary sulfonamides is 1. The van der Waals surface area contributed by atoms with Gasteiger partial charge in [-0.3, -0.25) is 0 Å². The van der Waals surface area contributed by atoms with Crippen LogP contribution in [0.5, 0.6) is 0 Å². The minimum Gasteiger partial charge on any atom is -0.381 e. The van der Waals surface area contributed by atoms with Gasteiger partial charge in [-0.15, -0.1) is 0 Å². The fraction of sp³-hybridized carbons (Fsp3) is 0.0769. The molecule has 3 N–H and O–H groups in total. The molecule has 0 aliphatic rings. The minimum atomic E-state index is -3.63. The third-order valence-electron chi connectivity index (χ3n) is 2.57. The molecule has 0 aromatic heterocycles. The lowest BCUT2D eigenvalue weighted by atomic mass is 10.2. The molecule has 100 valence electrons. The van der Waals surface area contributed by atoms with Crippen molar-refractivity contribution in [3.8, 4) is 0 Å². The summed E-state index contributed by atoms with van der Waals surface area (Å²) in [5.41, 5.74) is 1.97. The van der Waals surface area contributed by atoms with Gasteiger partial charge in [0.25, 0.3) is 0 Å². The van der Waals surface area contributed by atoms with Crippen molar-refractivity contribution < 1.29 is 8.42 Å². The molecule has 0 spiro atoms. The Morgan fingerprint density at radius 3 is 2.37 bits per heavy atom. The SMILES string of the molecule is NS(=O)(=O)c1ccc(NCc2cccc(Br)c2)cc1. The zero-order chi connectivity index (χ0) is 13.9. The second-order valence-corrected chi connectivity index (χ2v) is 6.53. The summed E-state index contributed by atoms with van der Waals surface area (Å²) in [6.07, 6.45) is 0. The molecule has 6 heteroatoms. The quantitative estimate of drug-likeness (QED) is 0.898. The van der Waals surface area contributed by atoms with Crippen LogP contribution in [0.4, 0.5) is 5.69 Å². The molecule has 0 saturated carbocycles. The normalized spacial score (nSPS) is 11.3. The summed E-state index contributed by atoms with van der Waals surface area (Å²) in [6, 6.07) is 14.3. The van der Waals surface area contributed by atoms with Gasteiger partial charge in [0.1, 0.15) is 0 Å². The van der Waals surface area contributed by atoms with E-state index in [-0.39, 0.29) is 4.90 Å². The Labute approximate surface area is 120 Å². The van der Waals surface area contributed by atoms with Crippen molar-refractivity contribution in [1.29, 1.82) is 0 Å². The Hall–Kier alpha value is -1.37. The van der Waals surface area contributed by atoms with Crippen molar-refractivity contribution >= 4 is 31.6 Å². The Kier molecular flexibility index (Phi) is 4.24. The Morgan fingerprint density at radius 2 is 1.79 bits per heavy atom. The predicted octanol–water partition coefficient (Wildman–Crippen LogP) is 2.71. The number of nitrogens with one attached hydrogen (secondary N) is 1. The van der Waals surface area contributed by atoms with Crippen LogP contribution in [-0.2, 0) is 16.6 Å². The number of anilines is 1. The van der Waals surface area contributed by atoms with E-state index in [1.54, 1.807) is 12.1 Å². The molecule has 0 aliphatic carbocycles. The zero-order valence-corrected chi connectivity index (χ0v) is 12.4. The van der Waals surface area contributed by atoms with Crippen LogP contribution in [0, 0.1) is 0 Å². The first-order valence-corrected chi connectivity index (χ1v) is 7.90. The third kappa shape index (κ3) is 4.05. The van der Waals surface area contributed by atoms with Crippen LogP contribution < -0.4 is 10.5 Å². The van der Waals surface area contributed by atoms with E-state index in [1.165, 1.54) is 12.1 Å². The molecule has 0 unspecified atom stereocenters. The van der Waals surface area contributed by atoms with E-state index < -0.39 is 10.0 Å². The maximum Gasteiger partial charge on any atom is 0.238 e. The lowest BCUT2D eigenvalue weighted by Gasteiger charge is -2.07. The van der Waals surface area contributed by atoms with Crippen molar-refractivity contribution in [3.63, 3.8) is 0 Å². The number of hydrogen-bond acceptors (Lipinski definition) is 3. The maximum absolute atomic E-state index is 11.1. The molecule has 0 fully saturated rings. The molecular weight excluding hydrogens is 328 g/mol. The lowest BCUT2D eigenvalue weighted by molar-refractivity contribution is 0.598. The van der Waals surface area contributed by atoms with E-state index >= 15 is 0 Å². The fourth-order valence-electron chi connectivity index (χ4n) is 1.61. The van der Waals surface area contributed by atoms with Crippen LogP contribution in [-0.4, -0.2) is 8.42 Å². The number of sulfonamides is 1. The number of halogens is 1. The summed E-state index contributed by atoms with van der Waals surface area (Å²) >= 11 is 3.41. The number of hydrogen-bond donors (Lipinski definition) is 2. The van der Waals surface area contributed by atoms with Crippen LogP contribution in [0.15, 0.2) is 57.9 Å². The van der Waals surface area contributed by atoms with Gasteiger partial charge in [-0.25, -0.2) is 13.6 Å². The van der Waals surface area contributed by atoms with Crippen LogP contribution in [0.3, 0.4) is 0 Å². The minimum absolute atomic E-state index is 0.112.